The van der Waals surface area contributed by atoms with Crippen molar-refractivity contribution in [3.8, 4) is 0 Å². The summed E-state index contributed by atoms with van der Waals surface area (Å²) >= 11 is 0. The highest BCUT2D eigenvalue weighted by molar-refractivity contribution is 5.76. The molecule has 0 unspecified atom stereocenters. The molecule has 0 N–H and O–H groups in total. The number of nitrogens with zero attached hydrogens (tertiary/aromatic N) is 2. The zero-order chi connectivity index (χ0) is 13.9. The second-order valence-corrected chi connectivity index (χ2v) is 4.97. The van der Waals surface area contributed by atoms with Crippen LogP contribution in [-0.2, 0) is 11.8 Å². The highest BCUT2D eigenvalue weighted by Gasteiger charge is 2.08. The van der Waals surface area contributed by atoms with Gasteiger partial charge in [-0.05, 0) is 17.7 Å². The fourth-order valence-corrected chi connectivity index (χ4v) is 2.38. The molecule has 5 nitrogen and oxygen atoms in total. The Bertz CT molecular complexity index is 678. The summed E-state index contributed by atoms with van der Waals surface area (Å²) in [5.74, 6) is -0.325. The van der Waals surface area contributed by atoms with Crippen LogP contribution in [0.15, 0.2) is 33.5 Å². The maximum atomic E-state index is 11.4. The van der Waals surface area contributed by atoms with Crippen molar-refractivity contribution < 1.29 is 9.15 Å². The number of aryl methyl sites for hydroxylation is 1. The maximum absolute atomic E-state index is 11.4. The van der Waals surface area contributed by atoms with Crippen molar-refractivity contribution in [1.82, 2.24) is 9.47 Å². The first-order valence-electron chi connectivity index (χ1n) is 6.80. The molecule has 5 heteroatoms. The summed E-state index contributed by atoms with van der Waals surface area (Å²) in [4.78, 5) is 13.8. The average Bonchev–Trinajstić information content (AvgIpc) is 2.75. The normalized spacial score (nSPS) is 17.2. The van der Waals surface area contributed by atoms with E-state index in [1.807, 2.05) is 18.2 Å². The minimum Gasteiger partial charge on any atom is -0.408 e. The van der Waals surface area contributed by atoms with E-state index in [4.69, 9.17) is 9.15 Å². The standard InChI is InChI=1S/C15H18N2O3/c1-16-13-5-4-12(11-14(13)20-15(16)18)3-2-6-17-7-9-19-10-8-17/h2-5,11H,6-10H2,1H3/b3-2+. The smallest absolute Gasteiger partial charge is 0.408 e. The van der Waals surface area contributed by atoms with Crippen molar-refractivity contribution in [2.45, 2.75) is 0 Å². The monoisotopic (exact) mass is 274 g/mol. The summed E-state index contributed by atoms with van der Waals surface area (Å²) in [5.41, 5.74) is 2.49. The first-order chi connectivity index (χ1) is 9.74. The molecule has 2 heterocycles. The van der Waals surface area contributed by atoms with Gasteiger partial charge in [0.2, 0.25) is 0 Å². The van der Waals surface area contributed by atoms with Crippen molar-refractivity contribution in [3.05, 3.63) is 40.4 Å². The zero-order valence-electron chi connectivity index (χ0n) is 11.5. The molecule has 1 aliphatic rings. The molecule has 106 valence electrons. The molecule has 0 amide bonds. The molecule has 0 bridgehead atoms. The van der Waals surface area contributed by atoms with Gasteiger partial charge in [0.25, 0.3) is 0 Å². The van der Waals surface area contributed by atoms with Gasteiger partial charge in [-0.15, -0.1) is 0 Å². The Morgan fingerprint density at radius 2 is 2.10 bits per heavy atom. The third-order valence-electron chi connectivity index (χ3n) is 3.59. The van der Waals surface area contributed by atoms with Crippen LogP contribution >= 0.6 is 0 Å². The Kier molecular flexibility index (Phi) is 3.71. The molecule has 2 aromatic rings. The lowest BCUT2D eigenvalue weighted by Crippen LogP contribution is -2.36. The van der Waals surface area contributed by atoms with Gasteiger partial charge in [-0.1, -0.05) is 18.2 Å². The van der Waals surface area contributed by atoms with E-state index >= 15 is 0 Å². The largest absolute Gasteiger partial charge is 0.419 e. The molecular formula is C15H18N2O3. The Balaban J connectivity index is 1.72. The quantitative estimate of drug-likeness (QED) is 0.850. The van der Waals surface area contributed by atoms with Crippen LogP contribution in [0.4, 0.5) is 0 Å². The molecule has 1 aromatic carbocycles. The average molecular weight is 274 g/mol. The Hall–Kier alpha value is -1.85. The van der Waals surface area contributed by atoms with Crippen molar-refractivity contribution in [1.29, 1.82) is 0 Å². The second-order valence-electron chi connectivity index (χ2n) is 4.97. The number of hydrogen-bond acceptors (Lipinski definition) is 4. The van der Waals surface area contributed by atoms with E-state index in [0.29, 0.717) is 5.58 Å². The van der Waals surface area contributed by atoms with E-state index in [-0.39, 0.29) is 5.76 Å². The number of morpholine rings is 1. The van der Waals surface area contributed by atoms with Crippen LogP contribution in [0.1, 0.15) is 5.56 Å². The van der Waals surface area contributed by atoms with E-state index in [0.717, 1.165) is 43.9 Å². The van der Waals surface area contributed by atoms with E-state index in [2.05, 4.69) is 17.1 Å². The predicted molar refractivity (Wildman–Crippen MR) is 77.7 cm³/mol. The highest BCUT2D eigenvalue weighted by Crippen LogP contribution is 2.15. The van der Waals surface area contributed by atoms with Crippen LogP contribution in [0.25, 0.3) is 17.2 Å². The number of aromatic nitrogens is 1. The number of ether oxygens (including phenoxy) is 1. The molecule has 1 aromatic heterocycles. The predicted octanol–water partition coefficient (Wildman–Crippen LogP) is 1.48. The number of oxazole rings is 1. The van der Waals surface area contributed by atoms with Gasteiger partial charge in [0.15, 0.2) is 5.58 Å². The van der Waals surface area contributed by atoms with Gasteiger partial charge in [0.1, 0.15) is 0 Å². The summed E-state index contributed by atoms with van der Waals surface area (Å²) in [6, 6.07) is 5.80. The molecule has 0 aliphatic carbocycles. The molecule has 1 fully saturated rings. The van der Waals surface area contributed by atoms with Gasteiger partial charge in [-0.3, -0.25) is 9.47 Å². The Morgan fingerprint density at radius 1 is 1.30 bits per heavy atom. The lowest BCUT2D eigenvalue weighted by atomic mass is 10.2. The third kappa shape index (κ3) is 2.69. The molecule has 0 spiro atoms. The molecule has 0 saturated carbocycles. The molecule has 3 rings (SSSR count). The van der Waals surface area contributed by atoms with Gasteiger partial charge in [0.05, 0.1) is 18.7 Å². The lowest BCUT2D eigenvalue weighted by molar-refractivity contribution is 0.0435. The van der Waals surface area contributed by atoms with Crippen LogP contribution in [0.5, 0.6) is 0 Å². The van der Waals surface area contributed by atoms with Crippen LogP contribution in [-0.4, -0.2) is 42.3 Å². The van der Waals surface area contributed by atoms with Crippen LogP contribution in [0.3, 0.4) is 0 Å². The summed E-state index contributed by atoms with van der Waals surface area (Å²) < 4.78 is 12.0. The number of benzene rings is 1. The minimum absolute atomic E-state index is 0.325. The topological polar surface area (TPSA) is 47.6 Å². The van der Waals surface area contributed by atoms with Crippen molar-refractivity contribution in [2.75, 3.05) is 32.8 Å². The summed E-state index contributed by atoms with van der Waals surface area (Å²) in [6.07, 6.45) is 4.19. The van der Waals surface area contributed by atoms with Gasteiger partial charge in [-0.2, -0.15) is 0 Å². The van der Waals surface area contributed by atoms with Gasteiger partial charge >= 0.3 is 5.76 Å². The minimum atomic E-state index is -0.325. The van der Waals surface area contributed by atoms with Crippen molar-refractivity contribution in [2.24, 2.45) is 7.05 Å². The van der Waals surface area contributed by atoms with Crippen LogP contribution in [0.2, 0.25) is 0 Å². The Morgan fingerprint density at radius 3 is 2.90 bits per heavy atom. The Labute approximate surface area is 117 Å². The fraction of sp³-hybridized carbons (Fsp3) is 0.400. The van der Waals surface area contributed by atoms with Gasteiger partial charge in [-0.25, -0.2) is 4.79 Å². The zero-order valence-corrected chi connectivity index (χ0v) is 11.5. The van der Waals surface area contributed by atoms with Crippen LogP contribution in [0, 0.1) is 0 Å². The first kappa shape index (κ1) is 13.1. The highest BCUT2D eigenvalue weighted by atomic mass is 16.5. The third-order valence-corrected chi connectivity index (χ3v) is 3.59. The van der Waals surface area contributed by atoms with E-state index in [1.54, 1.807) is 7.05 Å². The SMILES string of the molecule is Cn1c(=O)oc2cc(/C=C/CN3CCOCC3)ccc21. The van der Waals surface area contributed by atoms with Gasteiger partial charge < -0.3 is 9.15 Å². The lowest BCUT2D eigenvalue weighted by Gasteiger charge is -2.25. The van der Waals surface area contributed by atoms with E-state index in [1.165, 1.54) is 4.57 Å². The number of fused-ring (bicyclic) bond motifs is 1. The van der Waals surface area contributed by atoms with E-state index < -0.39 is 0 Å². The summed E-state index contributed by atoms with van der Waals surface area (Å²) in [7, 11) is 1.71. The van der Waals surface area contributed by atoms with E-state index in [9.17, 15) is 4.79 Å². The molecular weight excluding hydrogens is 256 g/mol. The molecule has 1 saturated heterocycles. The number of rotatable bonds is 3. The van der Waals surface area contributed by atoms with Gasteiger partial charge in [0, 0.05) is 26.7 Å². The molecule has 0 atom stereocenters. The van der Waals surface area contributed by atoms with Crippen LogP contribution < -0.4 is 5.76 Å². The summed E-state index contributed by atoms with van der Waals surface area (Å²) in [6.45, 7) is 4.51. The van der Waals surface area contributed by atoms with Crippen molar-refractivity contribution in [3.63, 3.8) is 0 Å². The number of hydrogen-bond donors (Lipinski definition) is 0. The first-order valence-corrected chi connectivity index (χ1v) is 6.80. The van der Waals surface area contributed by atoms with Crippen molar-refractivity contribution >= 4 is 17.2 Å². The maximum Gasteiger partial charge on any atom is 0.419 e. The molecule has 20 heavy (non-hydrogen) atoms. The second kappa shape index (κ2) is 5.64. The molecule has 1 aliphatic heterocycles. The molecule has 0 radical (unpaired) electrons. The fourth-order valence-electron chi connectivity index (χ4n) is 2.38. The summed E-state index contributed by atoms with van der Waals surface area (Å²) in [5, 5.41) is 0.